The Bertz CT molecular complexity index is 647. The average molecular weight is 285 g/mol. The summed E-state index contributed by atoms with van der Waals surface area (Å²) in [5.41, 5.74) is 2.03. The molecule has 0 saturated heterocycles. The first-order chi connectivity index (χ1) is 10.1. The first-order valence-corrected chi connectivity index (χ1v) is 7.26. The fraction of sp³-hybridized carbons (Fsp3) is 0.467. The largest absolute Gasteiger partial charge is 0.352 e. The van der Waals surface area contributed by atoms with Gasteiger partial charge in [-0.3, -0.25) is 4.79 Å². The third-order valence-electron chi connectivity index (χ3n) is 3.84. The standard InChI is InChI=1S/C15H19N5O/c1-10-5-3-4-6-13(10)15-17-19-20(18-15)9-14(21)16-11(2)12-7-8-12/h3-6,11-12H,7-9H2,1-2H3,(H,16,21)/t11-/m1/s1. The fourth-order valence-electron chi connectivity index (χ4n) is 2.38. The molecule has 1 aromatic heterocycles. The lowest BCUT2D eigenvalue weighted by molar-refractivity contribution is -0.122. The van der Waals surface area contributed by atoms with Crippen LogP contribution >= 0.6 is 0 Å². The van der Waals surface area contributed by atoms with Crippen LogP contribution in [0.1, 0.15) is 25.3 Å². The molecule has 0 spiro atoms. The molecule has 110 valence electrons. The zero-order valence-corrected chi connectivity index (χ0v) is 12.3. The van der Waals surface area contributed by atoms with E-state index in [1.165, 1.54) is 17.6 Å². The van der Waals surface area contributed by atoms with Gasteiger partial charge in [-0.2, -0.15) is 4.80 Å². The number of aryl methyl sites for hydroxylation is 1. The van der Waals surface area contributed by atoms with E-state index in [1.54, 1.807) is 0 Å². The van der Waals surface area contributed by atoms with Gasteiger partial charge in [0.15, 0.2) is 0 Å². The second kappa shape index (κ2) is 5.63. The molecule has 1 aliphatic rings. The van der Waals surface area contributed by atoms with Gasteiger partial charge in [0.2, 0.25) is 11.7 Å². The normalized spacial score (nSPS) is 15.7. The van der Waals surface area contributed by atoms with Crippen LogP contribution in [0.15, 0.2) is 24.3 Å². The first-order valence-electron chi connectivity index (χ1n) is 7.26. The minimum atomic E-state index is -0.0665. The van der Waals surface area contributed by atoms with E-state index >= 15 is 0 Å². The second-order valence-electron chi connectivity index (χ2n) is 5.65. The summed E-state index contributed by atoms with van der Waals surface area (Å²) in [5.74, 6) is 1.12. The van der Waals surface area contributed by atoms with Gasteiger partial charge in [0.25, 0.3) is 0 Å². The number of tetrazole rings is 1. The van der Waals surface area contributed by atoms with E-state index < -0.39 is 0 Å². The van der Waals surface area contributed by atoms with Gasteiger partial charge in [0.1, 0.15) is 6.54 Å². The third-order valence-corrected chi connectivity index (χ3v) is 3.84. The van der Waals surface area contributed by atoms with Crippen molar-refractivity contribution < 1.29 is 4.79 Å². The van der Waals surface area contributed by atoms with Gasteiger partial charge < -0.3 is 5.32 Å². The van der Waals surface area contributed by atoms with Crippen LogP contribution in [-0.2, 0) is 11.3 Å². The maximum absolute atomic E-state index is 11.9. The van der Waals surface area contributed by atoms with Gasteiger partial charge in [-0.05, 0) is 43.4 Å². The molecule has 1 saturated carbocycles. The summed E-state index contributed by atoms with van der Waals surface area (Å²) in [6, 6.07) is 8.09. The molecule has 0 bridgehead atoms. The number of hydrogen-bond donors (Lipinski definition) is 1. The highest BCUT2D eigenvalue weighted by molar-refractivity contribution is 5.75. The Hall–Kier alpha value is -2.24. The molecule has 1 heterocycles. The van der Waals surface area contributed by atoms with E-state index in [1.807, 2.05) is 38.1 Å². The minimum Gasteiger partial charge on any atom is -0.352 e. The van der Waals surface area contributed by atoms with Crippen LogP contribution in [0.2, 0.25) is 0 Å². The Labute approximate surface area is 123 Å². The maximum atomic E-state index is 11.9. The molecule has 1 N–H and O–H groups in total. The Morgan fingerprint density at radius 3 is 2.90 bits per heavy atom. The van der Waals surface area contributed by atoms with Gasteiger partial charge in [-0.25, -0.2) is 0 Å². The van der Waals surface area contributed by atoms with Crippen molar-refractivity contribution in [3.05, 3.63) is 29.8 Å². The zero-order chi connectivity index (χ0) is 14.8. The lowest BCUT2D eigenvalue weighted by atomic mass is 10.1. The summed E-state index contributed by atoms with van der Waals surface area (Å²) in [4.78, 5) is 13.3. The molecule has 1 atom stereocenters. The van der Waals surface area contributed by atoms with Crippen molar-refractivity contribution in [2.24, 2.45) is 5.92 Å². The van der Waals surface area contributed by atoms with Crippen LogP contribution in [0.3, 0.4) is 0 Å². The number of benzene rings is 1. The molecule has 1 fully saturated rings. The maximum Gasteiger partial charge on any atom is 0.243 e. The number of rotatable bonds is 5. The van der Waals surface area contributed by atoms with Crippen molar-refractivity contribution >= 4 is 5.91 Å². The molecule has 1 amide bonds. The Morgan fingerprint density at radius 2 is 2.19 bits per heavy atom. The number of carbonyl (C=O) groups excluding carboxylic acids is 1. The van der Waals surface area contributed by atoms with E-state index in [2.05, 4.69) is 20.7 Å². The SMILES string of the molecule is Cc1ccccc1-c1nnn(CC(=O)N[C@H](C)C2CC2)n1. The van der Waals surface area contributed by atoms with E-state index in [-0.39, 0.29) is 18.5 Å². The molecule has 0 radical (unpaired) electrons. The summed E-state index contributed by atoms with van der Waals surface area (Å²) in [7, 11) is 0. The summed E-state index contributed by atoms with van der Waals surface area (Å²) >= 11 is 0. The molecule has 1 aromatic carbocycles. The molecule has 3 rings (SSSR count). The molecule has 6 heteroatoms. The highest BCUT2D eigenvalue weighted by atomic mass is 16.2. The number of nitrogens with one attached hydrogen (secondary N) is 1. The van der Waals surface area contributed by atoms with Crippen LogP contribution in [0.4, 0.5) is 0 Å². The van der Waals surface area contributed by atoms with E-state index in [0.29, 0.717) is 11.7 Å². The van der Waals surface area contributed by atoms with Gasteiger partial charge in [-0.15, -0.1) is 10.2 Å². The second-order valence-corrected chi connectivity index (χ2v) is 5.65. The summed E-state index contributed by atoms with van der Waals surface area (Å²) in [5, 5.41) is 15.3. The van der Waals surface area contributed by atoms with Crippen LogP contribution in [0.25, 0.3) is 11.4 Å². The summed E-state index contributed by atoms with van der Waals surface area (Å²) < 4.78 is 0. The molecule has 0 unspecified atom stereocenters. The quantitative estimate of drug-likeness (QED) is 0.905. The lowest BCUT2D eigenvalue weighted by Crippen LogP contribution is -2.36. The lowest BCUT2D eigenvalue weighted by Gasteiger charge is -2.11. The van der Waals surface area contributed by atoms with Crippen molar-refractivity contribution in [3.63, 3.8) is 0 Å². The Balaban J connectivity index is 1.65. The summed E-state index contributed by atoms with van der Waals surface area (Å²) in [6.45, 7) is 4.15. The van der Waals surface area contributed by atoms with Crippen LogP contribution in [-0.4, -0.2) is 32.2 Å². The van der Waals surface area contributed by atoms with Crippen molar-refractivity contribution in [3.8, 4) is 11.4 Å². The van der Waals surface area contributed by atoms with E-state index in [0.717, 1.165) is 11.1 Å². The predicted molar refractivity (Wildman–Crippen MR) is 78.3 cm³/mol. The van der Waals surface area contributed by atoms with E-state index in [9.17, 15) is 4.79 Å². The highest BCUT2D eigenvalue weighted by Gasteiger charge is 2.28. The highest BCUT2D eigenvalue weighted by Crippen LogP contribution is 2.32. The fourth-order valence-corrected chi connectivity index (χ4v) is 2.38. The Kier molecular flexibility index (Phi) is 3.68. The van der Waals surface area contributed by atoms with Gasteiger partial charge >= 0.3 is 0 Å². The van der Waals surface area contributed by atoms with Crippen LogP contribution in [0.5, 0.6) is 0 Å². The van der Waals surface area contributed by atoms with Gasteiger partial charge in [0, 0.05) is 11.6 Å². The first kappa shape index (κ1) is 13.7. The van der Waals surface area contributed by atoms with Crippen molar-refractivity contribution in [2.75, 3.05) is 0 Å². The smallest absolute Gasteiger partial charge is 0.243 e. The number of nitrogens with zero attached hydrogens (tertiary/aromatic N) is 4. The third kappa shape index (κ3) is 3.26. The molecule has 1 aliphatic carbocycles. The van der Waals surface area contributed by atoms with Crippen molar-refractivity contribution in [2.45, 2.75) is 39.3 Å². The number of hydrogen-bond acceptors (Lipinski definition) is 4. The zero-order valence-electron chi connectivity index (χ0n) is 12.3. The van der Waals surface area contributed by atoms with E-state index in [4.69, 9.17) is 0 Å². The summed E-state index contributed by atoms with van der Waals surface area (Å²) in [6.07, 6.45) is 2.42. The average Bonchev–Trinajstić information content (AvgIpc) is 3.21. The molecular weight excluding hydrogens is 266 g/mol. The number of amides is 1. The number of aromatic nitrogens is 4. The molecule has 0 aliphatic heterocycles. The molecular formula is C15H19N5O. The molecule has 6 nitrogen and oxygen atoms in total. The van der Waals surface area contributed by atoms with Gasteiger partial charge in [0.05, 0.1) is 0 Å². The topological polar surface area (TPSA) is 72.7 Å². The minimum absolute atomic E-state index is 0.0665. The molecule has 2 aromatic rings. The monoisotopic (exact) mass is 285 g/mol. The van der Waals surface area contributed by atoms with Crippen LogP contribution < -0.4 is 5.32 Å². The van der Waals surface area contributed by atoms with Gasteiger partial charge in [-0.1, -0.05) is 24.3 Å². The molecule has 21 heavy (non-hydrogen) atoms. The number of carbonyl (C=O) groups is 1. The Morgan fingerprint density at radius 1 is 1.43 bits per heavy atom. The van der Waals surface area contributed by atoms with Crippen LogP contribution in [0, 0.1) is 12.8 Å². The van der Waals surface area contributed by atoms with Crippen molar-refractivity contribution in [1.82, 2.24) is 25.5 Å². The predicted octanol–water partition coefficient (Wildman–Crippen LogP) is 1.56. The van der Waals surface area contributed by atoms with Crippen molar-refractivity contribution in [1.29, 1.82) is 0 Å².